The van der Waals surface area contributed by atoms with Gasteiger partial charge in [-0.1, -0.05) is 30.3 Å². The van der Waals surface area contributed by atoms with Crippen LogP contribution in [0.15, 0.2) is 30.3 Å². The quantitative estimate of drug-likeness (QED) is 0.678. The number of carbonyl (C=O) groups excluding carboxylic acids is 1. The summed E-state index contributed by atoms with van der Waals surface area (Å²) in [5.41, 5.74) is 0.599. The Morgan fingerprint density at radius 3 is 2.50 bits per heavy atom. The summed E-state index contributed by atoms with van der Waals surface area (Å²) in [6, 6.07) is 8.64. The Hall–Kier alpha value is -1.35. The lowest BCUT2D eigenvalue weighted by molar-refractivity contribution is -0.307. The lowest BCUT2D eigenvalue weighted by Crippen LogP contribution is -2.24. The number of carbonyl (C=O) groups is 1. The highest BCUT2D eigenvalue weighted by molar-refractivity contribution is 5.65. The molecule has 1 aromatic carbocycles. The van der Waals surface area contributed by atoms with Gasteiger partial charge in [0.2, 0.25) is 0 Å². The van der Waals surface area contributed by atoms with E-state index in [2.05, 4.69) is 0 Å². The Bertz CT molecular complexity index is 256. The van der Waals surface area contributed by atoms with Gasteiger partial charge in [0.15, 0.2) is 0 Å². The molecule has 1 rings (SSSR count). The van der Waals surface area contributed by atoms with E-state index < -0.39 is 12.1 Å². The van der Waals surface area contributed by atoms with Crippen molar-refractivity contribution in [3.05, 3.63) is 35.9 Å². The number of carboxylic acid groups (broad SMARTS) is 1. The molecular formula is C9H9O3-. The second-order valence-electron chi connectivity index (χ2n) is 2.50. The largest absolute Gasteiger partial charge is 0.550 e. The van der Waals surface area contributed by atoms with Crippen molar-refractivity contribution >= 4 is 5.97 Å². The van der Waals surface area contributed by atoms with Crippen LogP contribution in [-0.2, 0) is 4.79 Å². The molecule has 0 fully saturated rings. The maximum atomic E-state index is 10.1. The van der Waals surface area contributed by atoms with Crippen molar-refractivity contribution < 1.29 is 15.0 Å². The van der Waals surface area contributed by atoms with E-state index in [0.717, 1.165) is 0 Å². The molecule has 0 aliphatic carbocycles. The fraction of sp³-hybridized carbons (Fsp3) is 0.222. The third-order valence-electron chi connectivity index (χ3n) is 1.54. The number of rotatable bonds is 3. The van der Waals surface area contributed by atoms with Crippen LogP contribution in [0.2, 0.25) is 0 Å². The van der Waals surface area contributed by atoms with Crippen LogP contribution in [-0.4, -0.2) is 11.1 Å². The molecule has 0 spiro atoms. The highest BCUT2D eigenvalue weighted by Gasteiger charge is 2.05. The van der Waals surface area contributed by atoms with Crippen molar-refractivity contribution in [2.75, 3.05) is 0 Å². The molecule has 0 saturated heterocycles. The summed E-state index contributed by atoms with van der Waals surface area (Å²) in [5, 5.41) is 19.4. The number of aliphatic hydroxyl groups is 1. The Balaban J connectivity index is 2.65. The minimum absolute atomic E-state index is 0.357. The molecule has 3 heteroatoms. The van der Waals surface area contributed by atoms with Crippen molar-refractivity contribution in [3.8, 4) is 0 Å². The maximum Gasteiger partial charge on any atom is 0.0842 e. The number of benzene rings is 1. The Labute approximate surface area is 70.3 Å². The SMILES string of the molecule is O=C([O-])CC(O)c1ccccc1. The number of aliphatic carboxylic acids is 1. The van der Waals surface area contributed by atoms with E-state index >= 15 is 0 Å². The standard InChI is InChI=1S/C9H10O3/c10-8(6-9(11)12)7-4-2-1-3-5-7/h1-5,8,10H,6H2,(H,11,12)/p-1. The van der Waals surface area contributed by atoms with Gasteiger partial charge in [-0.3, -0.25) is 0 Å². The van der Waals surface area contributed by atoms with Gasteiger partial charge in [-0.2, -0.15) is 0 Å². The van der Waals surface area contributed by atoms with Crippen LogP contribution >= 0.6 is 0 Å². The summed E-state index contributed by atoms with van der Waals surface area (Å²) in [5.74, 6) is -1.24. The van der Waals surface area contributed by atoms with Gasteiger partial charge in [-0.25, -0.2) is 0 Å². The second-order valence-corrected chi connectivity index (χ2v) is 2.50. The summed E-state index contributed by atoms with van der Waals surface area (Å²) in [7, 11) is 0. The maximum absolute atomic E-state index is 10.1. The fourth-order valence-electron chi connectivity index (χ4n) is 0.951. The second kappa shape index (κ2) is 3.88. The number of hydrogen-bond acceptors (Lipinski definition) is 3. The smallest absolute Gasteiger partial charge is 0.0842 e. The normalized spacial score (nSPS) is 12.4. The highest BCUT2D eigenvalue weighted by Crippen LogP contribution is 2.14. The topological polar surface area (TPSA) is 60.4 Å². The van der Waals surface area contributed by atoms with Gasteiger partial charge in [0.05, 0.1) is 6.10 Å². The molecule has 1 N–H and O–H groups in total. The molecule has 3 nitrogen and oxygen atoms in total. The first-order chi connectivity index (χ1) is 5.70. The van der Waals surface area contributed by atoms with Crippen LogP contribution in [0.5, 0.6) is 0 Å². The minimum atomic E-state index is -1.24. The molecule has 1 aromatic rings. The predicted molar refractivity (Wildman–Crippen MR) is 41.0 cm³/mol. The first-order valence-electron chi connectivity index (χ1n) is 3.63. The van der Waals surface area contributed by atoms with Crippen LogP contribution in [0.25, 0.3) is 0 Å². The van der Waals surface area contributed by atoms with Gasteiger partial charge in [0.25, 0.3) is 0 Å². The average Bonchev–Trinajstić information content (AvgIpc) is 2.05. The molecule has 1 atom stereocenters. The molecule has 0 aromatic heterocycles. The lowest BCUT2D eigenvalue weighted by Gasteiger charge is -2.10. The van der Waals surface area contributed by atoms with E-state index in [1.54, 1.807) is 30.3 Å². The summed E-state index contributed by atoms with van der Waals surface area (Å²) in [6.45, 7) is 0. The van der Waals surface area contributed by atoms with Gasteiger partial charge in [0.1, 0.15) is 0 Å². The Morgan fingerprint density at radius 1 is 1.42 bits per heavy atom. The molecule has 0 radical (unpaired) electrons. The molecule has 0 heterocycles. The lowest BCUT2D eigenvalue weighted by atomic mass is 10.1. The first-order valence-corrected chi connectivity index (χ1v) is 3.63. The van der Waals surface area contributed by atoms with Gasteiger partial charge in [-0.15, -0.1) is 0 Å². The predicted octanol–water partition coefficient (Wildman–Crippen LogP) is -0.140. The van der Waals surface area contributed by atoms with Gasteiger partial charge in [0, 0.05) is 12.4 Å². The fourth-order valence-corrected chi connectivity index (χ4v) is 0.951. The van der Waals surface area contributed by atoms with Gasteiger partial charge < -0.3 is 15.0 Å². The van der Waals surface area contributed by atoms with Crippen molar-refractivity contribution in [3.63, 3.8) is 0 Å². The molecule has 0 aliphatic rings. The zero-order valence-corrected chi connectivity index (χ0v) is 6.43. The van der Waals surface area contributed by atoms with Crippen molar-refractivity contribution in [1.82, 2.24) is 0 Å². The van der Waals surface area contributed by atoms with E-state index in [0.29, 0.717) is 5.56 Å². The monoisotopic (exact) mass is 165 g/mol. The van der Waals surface area contributed by atoms with Gasteiger partial charge >= 0.3 is 0 Å². The van der Waals surface area contributed by atoms with Gasteiger partial charge in [-0.05, 0) is 5.56 Å². The zero-order chi connectivity index (χ0) is 8.97. The highest BCUT2D eigenvalue weighted by atomic mass is 16.4. The third-order valence-corrected chi connectivity index (χ3v) is 1.54. The number of aliphatic hydroxyl groups excluding tert-OH is 1. The molecule has 0 amide bonds. The minimum Gasteiger partial charge on any atom is -0.550 e. The van der Waals surface area contributed by atoms with E-state index in [1.165, 1.54) is 0 Å². The van der Waals surface area contributed by atoms with E-state index in [9.17, 15) is 15.0 Å². The molecular weight excluding hydrogens is 156 g/mol. The van der Waals surface area contributed by atoms with Crippen molar-refractivity contribution in [1.29, 1.82) is 0 Å². The van der Waals surface area contributed by atoms with Crippen molar-refractivity contribution in [2.24, 2.45) is 0 Å². The van der Waals surface area contributed by atoms with E-state index in [1.807, 2.05) is 0 Å². The van der Waals surface area contributed by atoms with E-state index in [4.69, 9.17) is 0 Å². The number of hydrogen-bond donors (Lipinski definition) is 1. The molecule has 12 heavy (non-hydrogen) atoms. The Kier molecular flexibility index (Phi) is 2.82. The summed E-state index contributed by atoms with van der Waals surface area (Å²) in [4.78, 5) is 10.1. The van der Waals surface area contributed by atoms with Crippen LogP contribution in [0.3, 0.4) is 0 Å². The van der Waals surface area contributed by atoms with Crippen molar-refractivity contribution in [2.45, 2.75) is 12.5 Å². The van der Waals surface area contributed by atoms with E-state index in [-0.39, 0.29) is 6.42 Å². The molecule has 64 valence electrons. The first kappa shape index (κ1) is 8.74. The number of carboxylic acids is 1. The van der Waals surface area contributed by atoms with Crippen LogP contribution in [0, 0.1) is 0 Å². The van der Waals surface area contributed by atoms with Crippen LogP contribution in [0.4, 0.5) is 0 Å². The third kappa shape index (κ3) is 2.36. The Morgan fingerprint density at radius 2 is 2.00 bits per heavy atom. The average molecular weight is 165 g/mol. The molecule has 0 bridgehead atoms. The molecule has 1 unspecified atom stereocenters. The summed E-state index contributed by atoms with van der Waals surface area (Å²) >= 11 is 0. The summed E-state index contributed by atoms with van der Waals surface area (Å²) in [6.07, 6.45) is -1.32. The molecule has 0 aliphatic heterocycles. The van der Waals surface area contributed by atoms with Crippen LogP contribution < -0.4 is 5.11 Å². The zero-order valence-electron chi connectivity index (χ0n) is 6.43. The molecule has 0 saturated carbocycles. The summed E-state index contributed by atoms with van der Waals surface area (Å²) < 4.78 is 0. The van der Waals surface area contributed by atoms with Crippen LogP contribution in [0.1, 0.15) is 18.1 Å².